The summed E-state index contributed by atoms with van der Waals surface area (Å²) in [5, 5.41) is 0. The smallest absolute Gasteiger partial charge is 0.0590 e. The molecule has 0 unspecified atom stereocenters. The Hall–Kier alpha value is 0. The highest BCUT2D eigenvalue weighted by Gasteiger charge is 1.35. The van der Waals surface area contributed by atoms with Gasteiger partial charge in [-0.15, -0.1) is 0 Å². The molecule has 0 heterocycles. The Bertz CT molecular complexity index is 0. The number of hydrogen-bond acceptors (Lipinski definition) is 0. The minimum Gasteiger partial charge on any atom is -0.0776 e. The lowest BCUT2D eigenvalue weighted by molar-refractivity contribution is 1.09. The summed E-state index contributed by atoms with van der Waals surface area (Å²) in [4.78, 5) is 0. The van der Waals surface area contributed by atoms with Crippen molar-refractivity contribution in [3.05, 3.63) is 0 Å². The van der Waals surface area contributed by atoms with Gasteiger partial charge in [0.05, 0.1) is 0 Å². The fraction of sp³-hybridized carbons (Fsp3) is 1.00. The highest BCUT2D eigenvalue weighted by molar-refractivity contribution is 3.92. The van der Waals surface area contributed by atoms with Gasteiger partial charge in [-0.1, -0.05) is 76.7 Å². The second kappa shape index (κ2) is 810. The molecule has 0 aliphatic heterocycles. The third-order valence-electron chi connectivity index (χ3n) is 0. The molecule has 78 valence electrons. The van der Waals surface area contributed by atoms with Crippen LogP contribution in [0.1, 0.15) is 76.7 Å². The predicted molar refractivity (Wildman–Crippen MR) is 63.5 cm³/mol. The van der Waals surface area contributed by atoms with Crippen LogP contribution in [0.25, 0.3) is 0 Å². The van der Waals surface area contributed by atoms with Crippen molar-refractivity contribution in [2.45, 2.75) is 76.7 Å². The van der Waals surface area contributed by atoms with Crippen LogP contribution in [0.5, 0.6) is 0 Å². The molecule has 0 aromatic rings. The first-order valence-electron chi connectivity index (χ1n) is 4.41. The van der Waals surface area contributed by atoms with Crippen LogP contribution in [0.2, 0.25) is 0 Å². The van der Waals surface area contributed by atoms with E-state index in [0.717, 1.165) is 0 Å². The first-order chi connectivity index (χ1) is 4.41. The molecule has 0 N–H and O–H groups in total. The van der Waals surface area contributed by atoms with Gasteiger partial charge in [0.25, 0.3) is 0 Å². The fourth-order valence-electron chi connectivity index (χ4n) is 0. The third kappa shape index (κ3) is 0. The molecule has 0 aromatic heterocycles. The van der Waals surface area contributed by atoms with Crippen molar-refractivity contribution in [1.29, 1.82) is 0 Å². The molecule has 0 heteroatoms. The zero-order valence-corrected chi connectivity index (χ0v) is 8.71. The molecule has 0 aliphatic rings. The van der Waals surface area contributed by atoms with E-state index in [9.17, 15) is 0 Å². The average molecular weight is 166 g/mol. The first kappa shape index (κ1) is 44.0. The molecule has 11 heavy (non-hydrogen) atoms. The van der Waals surface area contributed by atoms with Gasteiger partial charge in [0.2, 0.25) is 0 Å². The van der Waals surface area contributed by atoms with Gasteiger partial charge in [-0.05, 0) is 0 Å². The van der Waals surface area contributed by atoms with Crippen molar-refractivity contribution in [3.63, 3.8) is 0 Å². The lowest BCUT2D eigenvalue weighted by Crippen LogP contribution is -1.27. The molecule has 0 bridgehead atoms. The lowest BCUT2D eigenvalue weighted by atomic mass is 10.6. The van der Waals surface area contributed by atoms with E-state index < -0.39 is 0 Å². The zero-order valence-electron chi connectivity index (χ0n) is 8.71. The Morgan fingerprint density at radius 2 is 0.545 bits per heavy atom. The molecule has 0 radical (unpaired) electrons. The summed E-state index contributed by atoms with van der Waals surface area (Å²) in [5.74, 6) is 0. The summed E-state index contributed by atoms with van der Waals surface area (Å²) in [7, 11) is 0. The van der Waals surface area contributed by atoms with Gasteiger partial charge in [0.1, 0.15) is 0 Å². The van der Waals surface area contributed by atoms with E-state index in [1.165, 1.54) is 6.42 Å². The van der Waals surface area contributed by atoms with Crippen LogP contribution in [0, 0.1) is 0 Å². The molecule has 0 rings (SSSR count). The van der Waals surface area contributed by atoms with Gasteiger partial charge in [-0.25, -0.2) is 0 Å². The molecule has 0 amide bonds. The van der Waals surface area contributed by atoms with Crippen molar-refractivity contribution in [2.75, 3.05) is 0 Å². The van der Waals surface area contributed by atoms with Gasteiger partial charge in [-0.2, -0.15) is 0 Å². The summed E-state index contributed by atoms with van der Waals surface area (Å²) in [6.07, 6.45) is 1.25. The summed E-state index contributed by atoms with van der Waals surface area (Å²) >= 11 is 0. The maximum atomic E-state index is 2.12. The summed E-state index contributed by atoms with van der Waals surface area (Å²) in [5.41, 5.74) is 0. The minimum atomic E-state index is 0. The van der Waals surface area contributed by atoms with Crippen molar-refractivity contribution >= 4 is 0 Å². The number of rotatable bonds is 0. The van der Waals surface area contributed by atoms with Crippen LogP contribution >= 0.6 is 0 Å². The van der Waals surface area contributed by atoms with Gasteiger partial charge in [-0.3, -0.25) is 0 Å². The SMILES string of the molecule is C.C.CC.CC.CC.CCC. The van der Waals surface area contributed by atoms with Crippen LogP contribution < -0.4 is 0 Å². The Kier molecular flexibility index (Phi) is 3240. The highest BCUT2D eigenvalue weighted by atomic mass is 13.4. The topological polar surface area (TPSA) is 0 Å². The highest BCUT2D eigenvalue weighted by Crippen LogP contribution is 1.56. The average Bonchev–Trinajstić information content (AvgIpc) is 2.01. The zero-order chi connectivity index (χ0) is 8.71. The molecule has 0 fully saturated rings. The molecule has 0 nitrogen and oxygen atoms in total. The van der Waals surface area contributed by atoms with Crippen LogP contribution in [-0.4, -0.2) is 0 Å². The van der Waals surface area contributed by atoms with Gasteiger partial charge < -0.3 is 0 Å². The molecule has 0 atom stereocenters. The summed E-state index contributed by atoms with van der Waals surface area (Å²) in [6, 6.07) is 0. The minimum absolute atomic E-state index is 0. The van der Waals surface area contributed by atoms with Gasteiger partial charge in [0, 0.05) is 0 Å². The molecule has 0 spiro atoms. The Labute approximate surface area is 77.4 Å². The molecule has 0 saturated heterocycles. The van der Waals surface area contributed by atoms with Crippen LogP contribution in [0.15, 0.2) is 0 Å². The quantitative estimate of drug-likeness (QED) is 0.429. The Morgan fingerprint density at radius 1 is 0.545 bits per heavy atom. The van der Waals surface area contributed by atoms with E-state index >= 15 is 0 Å². The van der Waals surface area contributed by atoms with E-state index in [0.29, 0.717) is 0 Å². The van der Waals surface area contributed by atoms with Crippen LogP contribution in [0.3, 0.4) is 0 Å². The maximum absolute atomic E-state index is 2.12. The third-order valence-corrected chi connectivity index (χ3v) is 0. The molecular weight excluding hydrogens is 132 g/mol. The van der Waals surface area contributed by atoms with Crippen molar-refractivity contribution in [1.82, 2.24) is 0 Å². The molecular formula is C11H34. The van der Waals surface area contributed by atoms with E-state index in [1.54, 1.807) is 0 Å². The number of hydrogen-bond donors (Lipinski definition) is 0. The van der Waals surface area contributed by atoms with Gasteiger partial charge >= 0.3 is 0 Å². The van der Waals surface area contributed by atoms with Crippen LogP contribution in [0.4, 0.5) is 0 Å². The lowest BCUT2D eigenvalue weighted by Gasteiger charge is -1.48. The second-order valence-corrected chi connectivity index (χ2v) is 0.707. The van der Waals surface area contributed by atoms with E-state index in [-0.39, 0.29) is 14.9 Å². The first-order valence-corrected chi connectivity index (χ1v) is 4.41. The Morgan fingerprint density at radius 3 is 0.545 bits per heavy atom. The van der Waals surface area contributed by atoms with Crippen molar-refractivity contribution < 1.29 is 0 Å². The summed E-state index contributed by atoms with van der Waals surface area (Å²) in [6.45, 7) is 16.2. The van der Waals surface area contributed by atoms with Crippen LogP contribution in [-0.2, 0) is 0 Å². The monoisotopic (exact) mass is 166 g/mol. The maximum Gasteiger partial charge on any atom is -0.0590 e. The van der Waals surface area contributed by atoms with E-state index in [2.05, 4.69) is 13.8 Å². The van der Waals surface area contributed by atoms with Crippen molar-refractivity contribution in [2.24, 2.45) is 0 Å². The fourth-order valence-corrected chi connectivity index (χ4v) is 0. The standard InChI is InChI=1S/C3H8.3C2H6.2CH4/c1-3-2;3*1-2;;/h3H2,1-2H3;3*1-2H3;2*1H4. The second-order valence-electron chi connectivity index (χ2n) is 0.707. The molecule has 0 aromatic carbocycles. The van der Waals surface area contributed by atoms with E-state index in [4.69, 9.17) is 0 Å². The normalized spacial score (nSPS) is 3.27. The van der Waals surface area contributed by atoms with Gasteiger partial charge in [0.15, 0.2) is 0 Å². The largest absolute Gasteiger partial charge is 0.0776 e. The predicted octanol–water partition coefficient (Wildman–Crippen LogP) is 5.77. The molecule has 0 saturated carbocycles. The Balaban J connectivity index is -0.00000000729. The van der Waals surface area contributed by atoms with E-state index in [1.807, 2.05) is 41.5 Å². The summed E-state index contributed by atoms with van der Waals surface area (Å²) < 4.78 is 0. The van der Waals surface area contributed by atoms with Crippen molar-refractivity contribution in [3.8, 4) is 0 Å². The molecule has 0 aliphatic carbocycles.